The molecule has 4 aliphatic rings. The third kappa shape index (κ3) is 1.80. The average molecular weight is 293 g/mol. The van der Waals surface area contributed by atoms with Crippen LogP contribution < -0.4 is 4.74 Å². The van der Waals surface area contributed by atoms with E-state index in [1.54, 1.807) is 6.20 Å². The summed E-state index contributed by atoms with van der Waals surface area (Å²) >= 11 is 0. The Kier molecular flexibility index (Phi) is 2.59. The summed E-state index contributed by atoms with van der Waals surface area (Å²) in [5.41, 5.74) is 3.50. The normalized spacial score (nSPS) is 32.0. The van der Waals surface area contributed by atoms with Crippen LogP contribution in [0.1, 0.15) is 18.4 Å². The maximum Gasteiger partial charge on any atom is 0.217 e. The molecule has 3 saturated heterocycles. The lowest BCUT2D eigenvalue weighted by molar-refractivity contribution is -0.0814. The van der Waals surface area contributed by atoms with Crippen LogP contribution in [0.25, 0.3) is 11.1 Å². The molecule has 6 rings (SSSR count). The Morgan fingerprint density at radius 1 is 1.18 bits per heavy atom. The lowest BCUT2D eigenvalue weighted by Gasteiger charge is -2.50. The number of hydrogen-bond donors (Lipinski definition) is 0. The van der Waals surface area contributed by atoms with Crippen molar-refractivity contribution in [1.82, 2.24) is 14.9 Å². The second-order valence-corrected chi connectivity index (χ2v) is 6.82. The van der Waals surface area contributed by atoms with E-state index in [2.05, 4.69) is 27.0 Å². The molecule has 4 heteroatoms. The SMILES string of the molecule is c1cncc(-c2cnc3c(c2)CC2(CN4CCC2CC4)O3)c1. The zero-order valence-electron chi connectivity index (χ0n) is 12.5. The second-order valence-electron chi connectivity index (χ2n) is 6.82. The fraction of sp³-hybridized carbons (Fsp3) is 0.444. The Morgan fingerprint density at radius 2 is 2.09 bits per heavy atom. The Labute approximate surface area is 130 Å². The molecule has 0 amide bonds. The first kappa shape index (κ1) is 12.6. The van der Waals surface area contributed by atoms with Crippen LogP contribution in [-0.2, 0) is 6.42 Å². The van der Waals surface area contributed by atoms with Crippen LogP contribution in [0.2, 0.25) is 0 Å². The predicted octanol–water partition coefficient (Wildman–Crippen LogP) is 2.54. The Hall–Kier alpha value is -1.94. The number of rotatable bonds is 1. The van der Waals surface area contributed by atoms with Gasteiger partial charge in [0.25, 0.3) is 0 Å². The molecule has 0 saturated carbocycles. The number of hydrogen-bond acceptors (Lipinski definition) is 4. The number of ether oxygens (including phenoxy) is 1. The van der Waals surface area contributed by atoms with Gasteiger partial charge in [-0.25, -0.2) is 4.98 Å². The second kappa shape index (κ2) is 4.53. The summed E-state index contributed by atoms with van der Waals surface area (Å²) in [4.78, 5) is 11.4. The summed E-state index contributed by atoms with van der Waals surface area (Å²) in [5.74, 6) is 1.54. The molecule has 0 aliphatic carbocycles. The first-order valence-corrected chi connectivity index (χ1v) is 8.13. The topological polar surface area (TPSA) is 38.2 Å². The van der Waals surface area contributed by atoms with Crippen LogP contribution >= 0.6 is 0 Å². The van der Waals surface area contributed by atoms with Crippen molar-refractivity contribution in [3.8, 4) is 17.0 Å². The molecule has 1 unspecified atom stereocenters. The summed E-state index contributed by atoms with van der Waals surface area (Å²) < 4.78 is 6.39. The minimum absolute atomic E-state index is 0.0145. The molecule has 6 heterocycles. The van der Waals surface area contributed by atoms with Gasteiger partial charge in [0.15, 0.2) is 0 Å². The molecule has 112 valence electrons. The summed E-state index contributed by atoms with van der Waals surface area (Å²) in [6.45, 7) is 3.54. The van der Waals surface area contributed by atoms with Crippen molar-refractivity contribution in [3.63, 3.8) is 0 Å². The molecule has 1 spiro atoms. The first-order valence-electron chi connectivity index (χ1n) is 8.13. The smallest absolute Gasteiger partial charge is 0.217 e. The highest BCUT2D eigenvalue weighted by atomic mass is 16.5. The highest BCUT2D eigenvalue weighted by molar-refractivity contribution is 5.63. The number of nitrogens with zero attached hydrogens (tertiary/aromatic N) is 3. The quantitative estimate of drug-likeness (QED) is 0.810. The highest BCUT2D eigenvalue weighted by Crippen LogP contribution is 2.46. The van der Waals surface area contributed by atoms with Gasteiger partial charge in [-0.3, -0.25) is 9.88 Å². The first-order chi connectivity index (χ1) is 10.8. The summed E-state index contributed by atoms with van der Waals surface area (Å²) in [6.07, 6.45) is 9.15. The largest absolute Gasteiger partial charge is 0.469 e. The van der Waals surface area contributed by atoms with Crippen LogP contribution in [0.4, 0.5) is 0 Å². The number of aromatic nitrogens is 2. The predicted molar refractivity (Wildman–Crippen MR) is 83.7 cm³/mol. The van der Waals surface area contributed by atoms with E-state index >= 15 is 0 Å². The zero-order valence-corrected chi connectivity index (χ0v) is 12.5. The van der Waals surface area contributed by atoms with E-state index in [9.17, 15) is 0 Å². The molecule has 2 aromatic heterocycles. The fourth-order valence-corrected chi connectivity index (χ4v) is 4.40. The van der Waals surface area contributed by atoms with E-state index < -0.39 is 0 Å². The number of pyridine rings is 2. The van der Waals surface area contributed by atoms with Crippen molar-refractivity contribution < 1.29 is 4.74 Å². The van der Waals surface area contributed by atoms with Crippen molar-refractivity contribution in [1.29, 1.82) is 0 Å². The van der Waals surface area contributed by atoms with Crippen LogP contribution in [0, 0.1) is 5.92 Å². The number of piperidine rings is 3. The molecule has 0 N–H and O–H groups in total. The lowest BCUT2D eigenvalue weighted by Crippen LogP contribution is -2.61. The lowest BCUT2D eigenvalue weighted by atomic mass is 9.73. The van der Waals surface area contributed by atoms with Gasteiger partial charge < -0.3 is 4.74 Å². The highest BCUT2D eigenvalue weighted by Gasteiger charge is 2.52. The van der Waals surface area contributed by atoms with Gasteiger partial charge in [0.05, 0.1) is 0 Å². The molecule has 3 fully saturated rings. The average Bonchev–Trinajstić information content (AvgIpc) is 2.93. The Morgan fingerprint density at radius 3 is 2.82 bits per heavy atom. The van der Waals surface area contributed by atoms with E-state index in [0.717, 1.165) is 30.0 Å². The van der Waals surface area contributed by atoms with E-state index in [-0.39, 0.29) is 5.60 Å². The minimum atomic E-state index is -0.0145. The molecule has 4 aliphatic heterocycles. The molecule has 2 aromatic rings. The Balaban J connectivity index is 1.50. The van der Waals surface area contributed by atoms with E-state index in [4.69, 9.17) is 4.74 Å². The van der Waals surface area contributed by atoms with Crippen LogP contribution in [-0.4, -0.2) is 40.1 Å². The van der Waals surface area contributed by atoms with Crippen LogP contribution in [0.15, 0.2) is 36.8 Å². The minimum Gasteiger partial charge on any atom is -0.469 e. The van der Waals surface area contributed by atoms with Crippen molar-refractivity contribution in [3.05, 3.63) is 42.4 Å². The van der Waals surface area contributed by atoms with Gasteiger partial charge in [0.1, 0.15) is 5.60 Å². The molecule has 22 heavy (non-hydrogen) atoms. The molecular formula is C18H19N3O. The van der Waals surface area contributed by atoms with Crippen molar-refractivity contribution in [2.24, 2.45) is 5.92 Å². The van der Waals surface area contributed by atoms with Gasteiger partial charge in [0.2, 0.25) is 5.88 Å². The third-order valence-electron chi connectivity index (χ3n) is 5.53. The fourth-order valence-electron chi connectivity index (χ4n) is 4.40. The molecule has 1 atom stereocenters. The van der Waals surface area contributed by atoms with Gasteiger partial charge >= 0.3 is 0 Å². The standard InChI is InChI=1S/C18H19N3O/c1-2-13(10-19-5-1)15-8-14-9-18(22-17(14)20-11-15)12-21-6-3-16(18)4-7-21/h1-2,5,8,10-11,16H,3-4,6-7,9,12H2. The molecule has 0 aromatic carbocycles. The van der Waals surface area contributed by atoms with Crippen molar-refractivity contribution >= 4 is 0 Å². The van der Waals surface area contributed by atoms with Crippen LogP contribution in [0.5, 0.6) is 5.88 Å². The molecule has 2 bridgehead atoms. The monoisotopic (exact) mass is 293 g/mol. The van der Waals surface area contributed by atoms with Gasteiger partial charge in [-0.05, 0) is 38.1 Å². The van der Waals surface area contributed by atoms with E-state index in [0.29, 0.717) is 5.92 Å². The van der Waals surface area contributed by atoms with E-state index in [1.165, 1.54) is 31.5 Å². The maximum atomic E-state index is 6.39. The summed E-state index contributed by atoms with van der Waals surface area (Å²) in [7, 11) is 0. The van der Waals surface area contributed by atoms with Gasteiger partial charge in [-0.1, -0.05) is 6.07 Å². The zero-order chi connectivity index (χ0) is 14.6. The summed E-state index contributed by atoms with van der Waals surface area (Å²) in [5, 5.41) is 0. The third-order valence-corrected chi connectivity index (χ3v) is 5.53. The van der Waals surface area contributed by atoms with Crippen molar-refractivity contribution in [2.45, 2.75) is 24.9 Å². The van der Waals surface area contributed by atoms with Gasteiger partial charge in [-0.2, -0.15) is 0 Å². The van der Waals surface area contributed by atoms with Gasteiger partial charge in [-0.15, -0.1) is 0 Å². The van der Waals surface area contributed by atoms with Crippen LogP contribution in [0.3, 0.4) is 0 Å². The maximum absolute atomic E-state index is 6.39. The molecular weight excluding hydrogens is 274 g/mol. The molecule has 0 radical (unpaired) electrons. The number of fused-ring (bicyclic) bond motifs is 3. The van der Waals surface area contributed by atoms with Gasteiger partial charge in [0, 0.05) is 54.2 Å². The summed E-state index contributed by atoms with van der Waals surface area (Å²) in [6, 6.07) is 6.29. The van der Waals surface area contributed by atoms with Crippen molar-refractivity contribution in [2.75, 3.05) is 19.6 Å². The van der Waals surface area contributed by atoms with E-state index in [1.807, 2.05) is 18.5 Å². The molecule has 4 nitrogen and oxygen atoms in total. The Bertz CT molecular complexity index is 710.